The van der Waals surface area contributed by atoms with E-state index >= 15 is 0 Å². The van der Waals surface area contributed by atoms with Crippen molar-refractivity contribution < 1.29 is 14.3 Å². The zero-order valence-electron chi connectivity index (χ0n) is 7.83. The van der Waals surface area contributed by atoms with Gasteiger partial charge in [0.1, 0.15) is 0 Å². The second kappa shape index (κ2) is 9.03. The normalized spacial score (nSPS) is 9.54. The van der Waals surface area contributed by atoms with Gasteiger partial charge in [-0.3, -0.25) is 9.59 Å². The smallest absolute Gasteiger partial charge is 0.293 e. The minimum atomic E-state index is -0.232. The molecule has 0 saturated carbocycles. The van der Waals surface area contributed by atoms with Gasteiger partial charge in [-0.15, -0.1) is 0 Å². The molecule has 0 radical (unpaired) electrons. The van der Waals surface area contributed by atoms with Crippen LogP contribution in [0.4, 0.5) is 0 Å². The summed E-state index contributed by atoms with van der Waals surface area (Å²) >= 11 is 0. The molecule has 76 valence electrons. The number of hydrogen-bond acceptors (Lipinski definition) is 3. The average molecular weight is 187 g/mol. The summed E-state index contributed by atoms with van der Waals surface area (Å²) in [5.41, 5.74) is 4.98. The number of carbonyl (C=O) groups is 2. The van der Waals surface area contributed by atoms with E-state index < -0.39 is 0 Å². The van der Waals surface area contributed by atoms with Crippen LogP contribution in [0, 0.1) is 0 Å². The summed E-state index contributed by atoms with van der Waals surface area (Å²) in [6, 6.07) is 0. The topological polar surface area (TPSA) is 69.4 Å². The molecular weight excluding hydrogens is 170 g/mol. The fraction of sp³-hybridized carbons (Fsp3) is 0.778. The number of hydrogen-bond donors (Lipinski definition) is 1. The molecule has 0 unspecified atom stereocenters. The Bertz CT molecular complexity index is 148. The van der Waals surface area contributed by atoms with Gasteiger partial charge in [0, 0.05) is 6.42 Å². The summed E-state index contributed by atoms with van der Waals surface area (Å²) in [4.78, 5) is 20.1. The van der Waals surface area contributed by atoms with E-state index in [1.807, 2.05) is 0 Å². The van der Waals surface area contributed by atoms with Crippen LogP contribution in [0.3, 0.4) is 0 Å². The second-order valence-corrected chi connectivity index (χ2v) is 2.95. The van der Waals surface area contributed by atoms with Crippen LogP contribution in [-0.4, -0.2) is 19.0 Å². The van der Waals surface area contributed by atoms with Crippen molar-refractivity contribution in [3.8, 4) is 0 Å². The van der Waals surface area contributed by atoms with Gasteiger partial charge in [0.15, 0.2) is 0 Å². The van der Waals surface area contributed by atoms with E-state index in [2.05, 4.69) is 4.74 Å². The Morgan fingerprint density at radius 3 is 2.38 bits per heavy atom. The first-order valence-corrected chi connectivity index (χ1v) is 4.61. The molecule has 4 heteroatoms. The fourth-order valence-corrected chi connectivity index (χ4v) is 1.06. The number of primary amides is 1. The van der Waals surface area contributed by atoms with Crippen LogP contribution in [0.15, 0.2) is 0 Å². The van der Waals surface area contributed by atoms with Crippen LogP contribution in [0.25, 0.3) is 0 Å². The zero-order valence-corrected chi connectivity index (χ0v) is 7.83. The fourth-order valence-electron chi connectivity index (χ4n) is 1.06. The highest BCUT2D eigenvalue weighted by atomic mass is 16.5. The summed E-state index contributed by atoms with van der Waals surface area (Å²) in [6.07, 6.45) is 5.36. The lowest BCUT2D eigenvalue weighted by Gasteiger charge is -1.99. The molecule has 0 aromatic heterocycles. The van der Waals surface area contributed by atoms with Crippen LogP contribution >= 0.6 is 0 Å². The Morgan fingerprint density at radius 1 is 1.15 bits per heavy atom. The largest absolute Gasteiger partial charge is 0.468 e. The van der Waals surface area contributed by atoms with Crippen molar-refractivity contribution in [1.29, 1.82) is 0 Å². The van der Waals surface area contributed by atoms with Gasteiger partial charge < -0.3 is 10.5 Å². The van der Waals surface area contributed by atoms with Crippen molar-refractivity contribution in [2.24, 2.45) is 5.73 Å². The third-order valence-electron chi connectivity index (χ3n) is 1.75. The Balaban J connectivity index is 2.91. The number of ether oxygens (including phenoxy) is 1. The van der Waals surface area contributed by atoms with Crippen molar-refractivity contribution in [2.75, 3.05) is 6.61 Å². The predicted octanol–water partition coefficient (Wildman–Crippen LogP) is 0.985. The van der Waals surface area contributed by atoms with Crippen LogP contribution in [-0.2, 0) is 14.3 Å². The maximum absolute atomic E-state index is 10.3. The molecule has 0 bridgehead atoms. The van der Waals surface area contributed by atoms with Crippen molar-refractivity contribution in [3.05, 3.63) is 0 Å². The first-order valence-electron chi connectivity index (χ1n) is 4.61. The lowest BCUT2D eigenvalue weighted by Crippen LogP contribution is -2.09. The molecule has 4 nitrogen and oxygen atoms in total. The van der Waals surface area contributed by atoms with E-state index in [9.17, 15) is 9.59 Å². The summed E-state index contributed by atoms with van der Waals surface area (Å²) in [6.45, 7) is 0.965. The van der Waals surface area contributed by atoms with E-state index in [0.717, 1.165) is 32.1 Å². The highest BCUT2D eigenvalue weighted by Crippen LogP contribution is 2.04. The molecule has 0 aliphatic carbocycles. The van der Waals surface area contributed by atoms with E-state index in [1.54, 1.807) is 0 Å². The minimum Gasteiger partial charge on any atom is -0.468 e. The summed E-state index contributed by atoms with van der Waals surface area (Å²) < 4.78 is 4.52. The van der Waals surface area contributed by atoms with E-state index in [0.29, 0.717) is 19.5 Å². The van der Waals surface area contributed by atoms with Crippen LogP contribution < -0.4 is 5.73 Å². The third kappa shape index (κ3) is 10.9. The SMILES string of the molecule is NC(=O)CCCCCCCOC=O. The van der Waals surface area contributed by atoms with E-state index in [-0.39, 0.29) is 5.91 Å². The standard InChI is InChI=1S/C9H17NO3/c10-9(12)6-4-2-1-3-5-7-13-8-11/h8H,1-7H2,(H2,10,12). The Morgan fingerprint density at radius 2 is 1.77 bits per heavy atom. The number of amides is 1. The van der Waals surface area contributed by atoms with Crippen molar-refractivity contribution in [2.45, 2.75) is 38.5 Å². The molecule has 0 saturated heterocycles. The predicted molar refractivity (Wildman–Crippen MR) is 48.9 cm³/mol. The molecule has 0 aliphatic heterocycles. The van der Waals surface area contributed by atoms with Crippen molar-refractivity contribution in [1.82, 2.24) is 0 Å². The highest BCUT2D eigenvalue weighted by Gasteiger charge is 1.94. The molecule has 0 rings (SSSR count). The van der Waals surface area contributed by atoms with Crippen LogP contribution in [0.1, 0.15) is 38.5 Å². The molecule has 0 fully saturated rings. The second-order valence-electron chi connectivity index (χ2n) is 2.95. The highest BCUT2D eigenvalue weighted by molar-refractivity contribution is 5.73. The number of unbranched alkanes of at least 4 members (excludes halogenated alkanes) is 4. The third-order valence-corrected chi connectivity index (χ3v) is 1.75. The number of rotatable bonds is 9. The van der Waals surface area contributed by atoms with Crippen molar-refractivity contribution >= 4 is 12.4 Å². The van der Waals surface area contributed by atoms with Gasteiger partial charge in [0.05, 0.1) is 6.61 Å². The quantitative estimate of drug-likeness (QED) is 0.432. The van der Waals surface area contributed by atoms with Crippen LogP contribution in [0.2, 0.25) is 0 Å². The monoisotopic (exact) mass is 187 g/mol. The Labute approximate surface area is 78.4 Å². The molecule has 0 spiro atoms. The van der Waals surface area contributed by atoms with Gasteiger partial charge >= 0.3 is 0 Å². The van der Waals surface area contributed by atoms with E-state index in [4.69, 9.17) is 5.73 Å². The maximum Gasteiger partial charge on any atom is 0.293 e. The first kappa shape index (κ1) is 11.9. The van der Waals surface area contributed by atoms with E-state index in [1.165, 1.54) is 0 Å². The van der Waals surface area contributed by atoms with Gasteiger partial charge in [-0.25, -0.2) is 0 Å². The molecule has 0 aromatic rings. The van der Waals surface area contributed by atoms with Gasteiger partial charge in [-0.2, -0.15) is 0 Å². The molecule has 0 aromatic carbocycles. The minimum absolute atomic E-state index is 0.232. The molecule has 2 N–H and O–H groups in total. The maximum atomic E-state index is 10.3. The van der Waals surface area contributed by atoms with Gasteiger partial charge in [-0.05, 0) is 12.8 Å². The molecule has 0 heterocycles. The summed E-state index contributed by atoms with van der Waals surface area (Å²) in [5, 5.41) is 0. The lowest BCUT2D eigenvalue weighted by atomic mass is 10.1. The lowest BCUT2D eigenvalue weighted by molar-refractivity contribution is -0.128. The molecule has 0 atom stereocenters. The molecule has 13 heavy (non-hydrogen) atoms. The summed E-state index contributed by atoms with van der Waals surface area (Å²) in [7, 11) is 0. The van der Waals surface area contributed by atoms with Crippen LogP contribution in [0.5, 0.6) is 0 Å². The van der Waals surface area contributed by atoms with Gasteiger partial charge in [0.2, 0.25) is 5.91 Å². The number of nitrogens with two attached hydrogens (primary N) is 1. The zero-order chi connectivity index (χ0) is 9.94. The molecule has 0 aliphatic rings. The van der Waals surface area contributed by atoms with Gasteiger partial charge in [-0.1, -0.05) is 19.3 Å². The molecule has 1 amide bonds. The Kier molecular flexibility index (Phi) is 8.30. The van der Waals surface area contributed by atoms with Crippen molar-refractivity contribution in [3.63, 3.8) is 0 Å². The average Bonchev–Trinajstić information content (AvgIpc) is 2.09. The summed E-state index contributed by atoms with van der Waals surface area (Å²) in [5.74, 6) is -0.232. The number of carbonyl (C=O) groups excluding carboxylic acids is 2. The Hall–Kier alpha value is -1.06. The van der Waals surface area contributed by atoms with Gasteiger partial charge in [0.25, 0.3) is 6.47 Å². The first-order chi connectivity index (χ1) is 6.27. The molecular formula is C9H17NO3.